The fourth-order valence-electron chi connectivity index (χ4n) is 4.11. The van der Waals surface area contributed by atoms with Crippen molar-refractivity contribution in [3.63, 3.8) is 0 Å². The van der Waals surface area contributed by atoms with E-state index in [9.17, 15) is 24.9 Å². The van der Waals surface area contributed by atoms with Crippen LogP contribution in [0.1, 0.15) is 85.8 Å². The second-order valence-electron chi connectivity index (χ2n) is 9.19. The quantitative estimate of drug-likeness (QED) is 0.560. The molecule has 3 N–H and O–H groups in total. The predicted molar refractivity (Wildman–Crippen MR) is 120 cm³/mol. The molecule has 2 aromatic rings. The molecular formula is C25H32O7. The fraction of sp³-hybridized carbons (Fsp3) is 0.520. The van der Waals surface area contributed by atoms with Crippen molar-refractivity contribution < 1.29 is 29.3 Å². The Labute approximate surface area is 187 Å². The van der Waals surface area contributed by atoms with E-state index in [4.69, 9.17) is 9.15 Å². The summed E-state index contributed by atoms with van der Waals surface area (Å²) < 4.78 is 11.4. The zero-order chi connectivity index (χ0) is 24.0. The molecule has 0 spiro atoms. The molecule has 0 radical (unpaired) electrons. The standard InChI is InChI=1S/C25H32O7/c1-7-12(3)19(26)18-22(29)15(21(28)14-9-10-25(5,6)32-23(14)18)11-16-20(27)13(4)17(8-2)31-24(16)30/h12,27-29H,7-11H2,1-6H3/t12-/m0/s1. The Morgan fingerprint density at radius 1 is 1.09 bits per heavy atom. The molecule has 7 nitrogen and oxygen atoms in total. The highest BCUT2D eigenvalue weighted by atomic mass is 16.5. The van der Waals surface area contributed by atoms with Crippen LogP contribution in [-0.4, -0.2) is 26.7 Å². The number of carbonyl (C=O) groups is 1. The molecule has 0 aliphatic carbocycles. The number of Topliss-reactive ketones (excluding diaryl/α,β-unsaturated/α-hetero) is 1. The van der Waals surface area contributed by atoms with E-state index < -0.39 is 17.0 Å². The Morgan fingerprint density at radius 2 is 1.75 bits per heavy atom. The van der Waals surface area contributed by atoms with E-state index in [0.29, 0.717) is 42.6 Å². The molecule has 0 saturated carbocycles. The van der Waals surface area contributed by atoms with Crippen LogP contribution in [0.4, 0.5) is 0 Å². The van der Waals surface area contributed by atoms with Crippen LogP contribution in [0.5, 0.6) is 23.0 Å². The van der Waals surface area contributed by atoms with Crippen molar-refractivity contribution in [2.24, 2.45) is 5.92 Å². The molecule has 1 aliphatic heterocycles. The number of rotatable bonds is 6. The van der Waals surface area contributed by atoms with E-state index in [1.165, 1.54) is 0 Å². The molecule has 0 saturated heterocycles. The van der Waals surface area contributed by atoms with Crippen molar-refractivity contribution in [3.05, 3.63) is 44.0 Å². The van der Waals surface area contributed by atoms with Crippen LogP contribution in [0, 0.1) is 12.8 Å². The van der Waals surface area contributed by atoms with Gasteiger partial charge in [0.15, 0.2) is 5.78 Å². The minimum atomic E-state index is -0.742. The Balaban J connectivity index is 2.26. The molecule has 1 atom stereocenters. The lowest BCUT2D eigenvalue weighted by Crippen LogP contribution is -2.34. The lowest BCUT2D eigenvalue weighted by atomic mass is 9.85. The maximum absolute atomic E-state index is 13.2. The van der Waals surface area contributed by atoms with Gasteiger partial charge >= 0.3 is 5.63 Å². The highest BCUT2D eigenvalue weighted by Gasteiger charge is 2.37. The van der Waals surface area contributed by atoms with Crippen LogP contribution in [-0.2, 0) is 19.3 Å². The van der Waals surface area contributed by atoms with Crippen LogP contribution in [0.25, 0.3) is 0 Å². The molecule has 1 aromatic carbocycles. The van der Waals surface area contributed by atoms with Gasteiger partial charge in [-0.1, -0.05) is 20.8 Å². The van der Waals surface area contributed by atoms with Gasteiger partial charge in [-0.25, -0.2) is 4.79 Å². The molecular weight excluding hydrogens is 412 g/mol. The van der Waals surface area contributed by atoms with Crippen LogP contribution >= 0.6 is 0 Å². The van der Waals surface area contributed by atoms with Crippen molar-refractivity contribution in [1.82, 2.24) is 0 Å². The van der Waals surface area contributed by atoms with E-state index in [-0.39, 0.29) is 52.1 Å². The van der Waals surface area contributed by atoms with Crippen LogP contribution < -0.4 is 10.4 Å². The van der Waals surface area contributed by atoms with Crippen molar-refractivity contribution in [1.29, 1.82) is 0 Å². The number of carbonyl (C=O) groups excluding carboxylic acids is 1. The van der Waals surface area contributed by atoms with Gasteiger partial charge < -0.3 is 24.5 Å². The van der Waals surface area contributed by atoms with Crippen molar-refractivity contribution >= 4 is 5.78 Å². The van der Waals surface area contributed by atoms with E-state index >= 15 is 0 Å². The van der Waals surface area contributed by atoms with Crippen LogP contribution in [0.3, 0.4) is 0 Å². The predicted octanol–water partition coefficient (Wildman–Crippen LogP) is 4.55. The number of phenolic OH excluding ortho intramolecular Hbond substituents is 2. The smallest absolute Gasteiger partial charge is 0.343 e. The third kappa shape index (κ3) is 3.96. The third-order valence-corrected chi connectivity index (χ3v) is 6.45. The number of hydrogen-bond donors (Lipinski definition) is 3. The molecule has 174 valence electrons. The minimum Gasteiger partial charge on any atom is -0.507 e. The maximum atomic E-state index is 13.2. The lowest BCUT2D eigenvalue weighted by molar-refractivity contribution is 0.0772. The van der Waals surface area contributed by atoms with Gasteiger partial charge in [-0.05, 0) is 40.0 Å². The normalized spacial score (nSPS) is 15.7. The summed E-state index contributed by atoms with van der Waals surface area (Å²) in [6.45, 7) is 10.9. The Hall–Kier alpha value is -2.96. The number of aryl methyl sites for hydroxylation is 1. The van der Waals surface area contributed by atoms with Gasteiger partial charge in [0, 0.05) is 35.4 Å². The van der Waals surface area contributed by atoms with Gasteiger partial charge in [-0.15, -0.1) is 0 Å². The highest BCUT2D eigenvalue weighted by molar-refractivity contribution is 6.04. The van der Waals surface area contributed by atoms with Gasteiger partial charge in [0.25, 0.3) is 0 Å². The zero-order valence-electron chi connectivity index (χ0n) is 19.6. The van der Waals surface area contributed by atoms with Gasteiger partial charge in [0.2, 0.25) is 0 Å². The molecule has 7 heteroatoms. The first-order valence-electron chi connectivity index (χ1n) is 11.1. The Bertz CT molecular complexity index is 1120. The van der Waals surface area contributed by atoms with E-state index in [0.717, 1.165) is 0 Å². The van der Waals surface area contributed by atoms with Crippen LogP contribution in [0.2, 0.25) is 0 Å². The third-order valence-electron chi connectivity index (χ3n) is 6.45. The molecule has 3 rings (SSSR count). The summed E-state index contributed by atoms with van der Waals surface area (Å²) in [5.74, 6) is -1.00. The summed E-state index contributed by atoms with van der Waals surface area (Å²) in [6, 6.07) is 0. The number of benzene rings is 1. The number of fused-ring (bicyclic) bond motifs is 1. The molecule has 32 heavy (non-hydrogen) atoms. The molecule has 0 bridgehead atoms. The van der Waals surface area contributed by atoms with Gasteiger partial charge in [-0.2, -0.15) is 0 Å². The molecule has 1 aliphatic rings. The molecule has 2 heterocycles. The number of phenols is 2. The molecule has 1 aromatic heterocycles. The summed E-state index contributed by atoms with van der Waals surface area (Å²) in [6.07, 6.45) is 1.76. The van der Waals surface area contributed by atoms with Crippen molar-refractivity contribution in [2.75, 3.05) is 0 Å². The summed E-state index contributed by atoms with van der Waals surface area (Å²) in [5.41, 5.74) is -0.511. The topological polar surface area (TPSA) is 117 Å². The van der Waals surface area contributed by atoms with Crippen molar-refractivity contribution in [3.8, 4) is 23.0 Å². The fourth-order valence-corrected chi connectivity index (χ4v) is 4.11. The summed E-state index contributed by atoms with van der Waals surface area (Å²) in [4.78, 5) is 25.8. The van der Waals surface area contributed by atoms with E-state index in [2.05, 4.69) is 0 Å². The van der Waals surface area contributed by atoms with Crippen LogP contribution in [0.15, 0.2) is 9.21 Å². The van der Waals surface area contributed by atoms with E-state index in [1.807, 2.05) is 20.8 Å². The van der Waals surface area contributed by atoms with Gasteiger partial charge in [0.05, 0.1) is 5.56 Å². The monoisotopic (exact) mass is 444 g/mol. The van der Waals surface area contributed by atoms with Gasteiger partial charge in [0.1, 0.15) is 39.9 Å². The Kier molecular flexibility index (Phi) is 6.31. The second kappa shape index (κ2) is 8.52. The first kappa shape index (κ1) is 23.7. The number of hydrogen-bond acceptors (Lipinski definition) is 7. The summed E-state index contributed by atoms with van der Waals surface area (Å²) >= 11 is 0. The summed E-state index contributed by atoms with van der Waals surface area (Å²) in [5, 5.41) is 32.8. The molecule has 0 amide bonds. The summed E-state index contributed by atoms with van der Waals surface area (Å²) in [7, 11) is 0. The lowest BCUT2D eigenvalue weighted by Gasteiger charge is -2.35. The molecule has 0 fully saturated rings. The SMILES string of the molecule is CCc1oc(=O)c(Cc2c(O)c3c(c(C(=O)[C@@H](C)CC)c2O)OC(C)(C)CC3)c(O)c1C. The zero-order valence-corrected chi connectivity index (χ0v) is 19.6. The second-order valence-corrected chi connectivity index (χ2v) is 9.19. The molecule has 0 unspecified atom stereocenters. The maximum Gasteiger partial charge on any atom is 0.343 e. The first-order valence-corrected chi connectivity index (χ1v) is 11.1. The number of ether oxygens (including phenoxy) is 1. The first-order chi connectivity index (χ1) is 14.9. The average Bonchev–Trinajstić information content (AvgIpc) is 2.74. The van der Waals surface area contributed by atoms with Crippen molar-refractivity contribution in [2.45, 2.75) is 79.2 Å². The minimum absolute atomic E-state index is 0.00459. The largest absolute Gasteiger partial charge is 0.507 e. The van der Waals surface area contributed by atoms with E-state index in [1.54, 1.807) is 20.8 Å². The Morgan fingerprint density at radius 3 is 2.34 bits per heavy atom. The number of aromatic hydroxyl groups is 3. The number of ketones is 1. The van der Waals surface area contributed by atoms with Gasteiger partial charge in [-0.3, -0.25) is 4.79 Å². The average molecular weight is 445 g/mol. The highest BCUT2D eigenvalue weighted by Crippen LogP contribution is 2.49.